The van der Waals surface area contributed by atoms with Crippen LogP contribution in [0.5, 0.6) is 0 Å². The van der Waals surface area contributed by atoms with Gasteiger partial charge in [0.25, 0.3) is 0 Å². The number of carbonyl (C=O) groups excluding carboxylic acids is 4. The van der Waals surface area contributed by atoms with Crippen LogP contribution in [0.2, 0.25) is 0 Å². The molecule has 3 aliphatic heterocycles. The van der Waals surface area contributed by atoms with Gasteiger partial charge in [-0.1, -0.05) is 79.2 Å². The van der Waals surface area contributed by atoms with Crippen molar-refractivity contribution in [3.8, 4) is 0 Å². The molecule has 1 spiro atoms. The van der Waals surface area contributed by atoms with Gasteiger partial charge < -0.3 is 29.7 Å². The van der Waals surface area contributed by atoms with E-state index in [2.05, 4.69) is 55.2 Å². The van der Waals surface area contributed by atoms with E-state index in [1.807, 2.05) is 44.2 Å². The van der Waals surface area contributed by atoms with E-state index in [1.165, 1.54) is 4.90 Å². The van der Waals surface area contributed by atoms with E-state index >= 15 is 0 Å². The highest BCUT2D eigenvalue weighted by molar-refractivity contribution is 9.09. The first-order chi connectivity index (χ1) is 22.6. The molecule has 0 radical (unpaired) electrons. The maximum absolute atomic E-state index is 14.9. The third kappa shape index (κ3) is 7.73. The number of likely N-dealkylation sites (tertiary alicyclic amines) is 1. The van der Waals surface area contributed by atoms with E-state index in [1.54, 1.807) is 17.1 Å². The number of rotatable bonds is 16. The lowest BCUT2D eigenvalue weighted by molar-refractivity contribution is -0.153. The molecule has 10 nitrogen and oxygen atoms in total. The van der Waals surface area contributed by atoms with Crippen LogP contribution in [-0.4, -0.2) is 93.0 Å². The van der Waals surface area contributed by atoms with Crippen LogP contribution in [0, 0.1) is 17.3 Å². The number of hydrogen-bond acceptors (Lipinski definition) is 7. The summed E-state index contributed by atoms with van der Waals surface area (Å²) in [5, 5.41) is 12.8. The van der Waals surface area contributed by atoms with Crippen LogP contribution in [-0.2, 0) is 28.7 Å². The monoisotopic (exact) mass is 729 g/mol. The van der Waals surface area contributed by atoms with Crippen LogP contribution in [0.3, 0.4) is 0 Å². The zero-order valence-corrected chi connectivity index (χ0v) is 30.5. The Morgan fingerprint density at radius 2 is 1.88 bits per heavy atom. The highest BCUT2D eigenvalue weighted by atomic mass is 79.9. The number of nitrogens with zero attached hydrogens (tertiary/aromatic N) is 2. The molecule has 2 N–H and O–H groups in total. The van der Waals surface area contributed by atoms with Crippen LogP contribution in [0.1, 0.15) is 78.3 Å². The maximum Gasteiger partial charge on any atom is 0.306 e. The lowest BCUT2D eigenvalue weighted by atomic mass is 9.70. The average molecular weight is 731 g/mol. The lowest BCUT2D eigenvalue weighted by Gasteiger charge is -2.45. The Bertz CT molecular complexity index is 1360. The topological polar surface area (TPSA) is 125 Å². The van der Waals surface area contributed by atoms with E-state index in [9.17, 15) is 24.3 Å². The molecule has 0 saturated carbocycles. The van der Waals surface area contributed by atoms with Crippen molar-refractivity contribution in [2.24, 2.45) is 17.3 Å². The first-order valence-corrected chi connectivity index (χ1v) is 17.8. The number of benzene rings is 1. The fourth-order valence-electron chi connectivity index (χ4n) is 8.14. The summed E-state index contributed by atoms with van der Waals surface area (Å²) in [6.07, 6.45) is 4.67. The van der Waals surface area contributed by atoms with Gasteiger partial charge in [-0.15, -0.1) is 13.2 Å². The summed E-state index contributed by atoms with van der Waals surface area (Å²) in [7, 11) is 0. The van der Waals surface area contributed by atoms with Gasteiger partial charge in [-0.2, -0.15) is 0 Å². The quantitative estimate of drug-likeness (QED) is 0.143. The summed E-state index contributed by atoms with van der Waals surface area (Å²) in [5.41, 5.74) is -1.18. The second-order valence-electron chi connectivity index (χ2n) is 15.0. The molecule has 3 saturated heterocycles. The van der Waals surface area contributed by atoms with Crippen molar-refractivity contribution >= 4 is 39.6 Å². The van der Waals surface area contributed by atoms with Gasteiger partial charge in [0.1, 0.15) is 18.2 Å². The summed E-state index contributed by atoms with van der Waals surface area (Å²) < 4.78 is 12.3. The van der Waals surface area contributed by atoms with Gasteiger partial charge >= 0.3 is 5.97 Å². The third-order valence-corrected chi connectivity index (χ3v) is 10.5. The first kappa shape index (κ1) is 37.8. The minimum atomic E-state index is -1.25. The van der Waals surface area contributed by atoms with Crippen molar-refractivity contribution in [1.29, 1.82) is 0 Å². The molecule has 3 aliphatic rings. The number of aliphatic hydroxyl groups is 1. The molecule has 3 amide bonds. The molecule has 0 aliphatic carbocycles. The van der Waals surface area contributed by atoms with Crippen molar-refractivity contribution in [2.45, 2.75) is 101 Å². The standard InChI is InChI=1S/C37H52BrN3O7/c1-8-10-17-27(43)47-22-26(24-15-12-11-13-16-24)39-32(44)28-29-33(45)40(19-14-20-42)31(37(29)21-25(38)30(28)48-37)34(46)41(18-9-2)36(6,7)23-35(3,4)5/h8-9,11-13,15-16,25-26,28-31,42H,1-2,10,14,17-23H2,3-7H3,(H,39,44)/t25?,26-,28-,29+,30-,31-,37+/m0/s1. The normalized spacial score (nSPS) is 26.9. The molecule has 7 atom stereocenters. The Labute approximate surface area is 293 Å². The SMILES string of the molecule is C=CCCC(=O)OC[C@H](NC(=O)[C@@H]1[C@H]2O[C@@]3(CC2Br)[C@H](C(=O)N(CC=C)C(C)(C)CC(C)(C)C)N(CCCO)C(=O)[C@@H]13)c1ccccc1. The first-order valence-electron chi connectivity index (χ1n) is 16.9. The molecular weight excluding hydrogens is 678 g/mol. The van der Waals surface area contributed by atoms with E-state index in [0.29, 0.717) is 19.3 Å². The summed E-state index contributed by atoms with van der Waals surface area (Å²) in [6.45, 7) is 18.2. The summed E-state index contributed by atoms with van der Waals surface area (Å²) in [4.78, 5) is 59.0. The molecule has 48 heavy (non-hydrogen) atoms. The summed E-state index contributed by atoms with van der Waals surface area (Å²) in [5.74, 6) is -3.21. The number of carbonyl (C=O) groups is 4. The number of halogens is 1. The van der Waals surface area contributed by atoms with Crippen LogP contribution in [0.4, 0.5) is 0 Å². The fourth-order valence-corrected chi connectivity index (χ4v) is 9.08. The largest absolute Gasteiger partial charge is 0.463 e. The van der Waals surface area contributed by atoms with Crippen molar-refractivity contribution in [3.63, 3.8) is 0 Å². The predicted molar refractivity (Wildman–Crippen MR) is 187 cm³/mol. The van der Waals surface area contributed by atoms with Crippen molar-refractivity contribution in [1.82, 2.24) is 15.1 Å². The predicted octanol–water partition coefficient (Wildman–Crippen LogP) is 4.71. The van der Waals surface area contributed by atoms with Crippen LogP contribution >= 0.6 is 15.9 Å². The average Bonchev–Trinajstić information content (AvgIpc) is 3.61. The Morgan fingerprint density at radius 3 is 2.48 bits per heavy atom. The number of fused-ring (bicyclic) bond motifs is 1. The van der Waals surface area contributed by atoms with E-state index in [-0.39, 0.29) is 61.2 Å². The van der Waals surface area contributed by atoms with Gasteiger partial charge in [-0.3, -0.25) is 19.2 Å². The summed E-state index contributed by atoms with van der Waals surface area (Å²) in [6, 6.07) is 7.56. The molecule has 3 fully saturated rings. The summed E-state index contributed by atoms with van der Waals surface area (Å²) >= 11 is 3.74. The number of nitrogens with one attached hydrogen (secondary N) is 1. The molecular formula is C37H52BrN3O7. The van der Waals surface area contributed by atoms with Crippen molar-refractivity contribution in [2.75, 3.05) is 26.3 Å². The van der Waals surface area contributed by atoms with Gasteiger partial charge in [-0.05, 0) is 50.5 Å². The lowest BCUT2D eigenvalue weighted by Crippen LogP contribution is -2.61. The van der Waals surface area contributed by atoms with Crippen LogP contribution < -0.4 is 5.32 Å². The van der Waals surface area contributed by atoms with Crippen LogP contribution in [0.15, 0.2) is 55.6 Å². The number of hydrogen-bond donors (Lipinski definition) is 2. The Hall–Kier alpha value is -3.02. The van der Waals surface area contributed by atoms with E-state index in [4.69, 9.17) is 9.47 Å². The molecule has 3 heterocycles. The second kappa shape index (κ2) is 15.3. The zero-order chi connectivity index (χ0) is 35.4. The molecule has 11 heteroatoms. The van der Waals surface area contributed by atoms with E-state index < -0.39 is 53.0 Å². The Kier molecular flexibility index (Phi) is 12.0. The molecule has 2 bridgehead atoms. The van der Waals surface area contributed by atoms with Crippen molar-refractivity contribution < 1.29 is 33.8 Å². The Balaban J connectivity index is 1.69. The number of alkyl halides is 1. The molecule has 1 aromatic rings. The minimum Gasteiger partial charge on any atom is -0.463 e. The highest BCUT2D eigenvalue weighted by Crippen LogP contribution is 2.60. The number of allylic oxidation sites excluding steroid dienone is 1. The molecule has 1 unspecified atom stereocenters. The Morgan fingerprint density at radius 1 is 1.19 bits per heavy atom. The molecule has 0 aromatic heterocycles. The zero-order valence-electron chi connectivity index (χ0n) is 29.0. The number of esters is 1. The number of aliphatic hydroxyl groups excluding tert-OH is 1. The molecule has 264 valence electrons. The van der Waals surface area contributed by atoms with Gasteiger partial charge in [0, 0.05) is 36.5 Å². The second-order valence-corrected chi connectivity index (χ2v) is 16.2. The van der Waals surface area contributed by atoms with Crippen LogP contribution in [0.25, 0.3) is 0 Å². The number of ether oxygens (including phenoxy) is 2. The maximum atomic E-state index is 14.9. The van der Waals surface area contributed by atoms with Gasteiger partial charge in [-0.25, -0.2) is 0 Å². The van der Waals surface area contributed by atoms with Crippen molar-refractivity contribution in [3.05, 3.63) is 61.2 Å². The number of amides is 3. The van der Waals surface area contributed by atoms with Gasteiger partial charge in [0.2, 0.25) is 17.7 Å². The smallest absolute Gasteiger partial charge is 0.306 e. The molecule has 1 aromatic carbocycles. The van der Waals surface area contributed by atoms with Gasteiger partial charge in [0.05, 0.1) is 24.0 Å². The van der Waals surface area contributed by atoms with Gasteiger partial charge in [0.15, 0.2) is 0 Å². The highest BCUT2D eigenvalue weighted by Gasteiger charge is 2.76. The minimum absolute atomic E-state index is 0.0887. The third-order valence-electron chi connectivity index (χ3n) is 9.64. The fraction of sp³-hybridized carbons (Fsp3) is 0.622. The molecule has 4 rings (SSSR count). The van der Waals surface area contributed by atoms with E-state index in [0.717, 1.165) is 5.56 Å².